The summed E-state index contributed by atoms with van der Waals surface area (Å²) in [4.78, 5) is 16.6. The number of likely N-dealkylation sites (tertiary alicyclic amines) is 1. The van der Waals surface area contributed by atoms with Gasteiger partial charge in [0.2, 0.25) is 5.91 Å². The molecule has 4 nitrogen and oxygen atoms in total. The van der Waals surface area contributed by atoms with Crippen molar-refractivity contribution in [2.45, 2.75) is 37.7 Å². The fourth-order valence-electron chi connectivity index (χ4n) is 3.68. The largest absolute Gasteiger partial charge is 0.388 e. The number of rotatable bonds is 5. The molecule has 0 bridgehead atoms. The minimum absolute atomic E-state index is 0.170. The number of piperidine rings is 1. The molecule has 1 amide bonds. The molecule has 0 saturated carbocycles. The van der Waals surface area contributed by atoms with Crippen LogP contribution in [-0.2, 0) is 4.79 Å². The number of amides is 1. The molecule has 1 aromatic rings. The van der Waals surface area contributed by atoms with E-state index < -0.39 is 5.60 Å². The Balaban J connectivity index is 1.50. The summed E-state index contributed by atoms with van der Waals surface area (Å²) in [5.41, 5.74) is 0.414. The van der Waals surface area contributed by atoms with Crippen molar-refractivity contribution >= 4 is 33.4 Å². The molecule has 3 rings (SSSR count). The second-order valence-electron chi connectivity index (χ2n) is 7.58. The highest BCUT2D eigenvalue weighted by atomic mass is 79.9. The van der Waals surface area contributed by atoms with E-state index in [1.807, 2.05) is 35.4 Å². The van der Waals surface area contributed by atoms with Crippen molar-refractivity contribution in [2.24, 2.45) is 0 Å². The predicted octanol–water partition coefficient (Wildman–Crippen LogP) is 4.21. The maximum atomic E-state index is 12.7. The van der Waals surface area contributed by atoms with Crippen LogP contribution >= 0.6 is 27.5 Å². The van der Waals surface area contributed by atoms with Gasteiger partial charge in [-0.25, -0.2) is 0 Å². The number of carbonyl (C=O) groups is 1. The molecular weight excluding hydrogens is 428 g/mol. The highest BCUT2D eigenvalue weighted by Crippen LogP contribution is 2.29. The fourth-order valence-corrected chi connectivity index (χ4v) is 4.25. The van der Waals surface area contributed by atoms with Crippen LogP contribution in [0.15, 0.2) is 52.1 Å². The quantitative estimate of drug-likeness (QED) is 0.726. The molecule has 0 radical (unpaired) electrons. The molecule has 0 unspecified atom stereocenters. The molecule has 1 aromatic carbocycles. The van der Waals surface area contributed by atoms with Crippen molar-refractivity contribution in [3.05, 3.63) is 57.7 Å². The van der Waals surface area contributed by atoms with Crippen molar-refractivity contribution in [3.8, 4) is 0 Å². The Morgan fingerprint density at radius 1 is 1.30 bits per heavy atom. The lowest BCUT2D eigenvalue weighted by molar-refractivity contribution is -0.136. The minimum Gasteiger partial charge on any atom is -0.388 e. The monoisotopic (exact) mass is 452 g/mol. The second-order valence-corrected chi connectivity index (χ2v) is 8.84. The van der Waals surface area contributed by atoms with E-state index in [0.29, 0.717) is 50.5 Å². The molecule has 2 aliphatic heterocycles. The number of carbonyl (C=O) groups excluding carboxylic acids is 1. The topological polar surface area (TPSA) is 43.8 Å². The van der Waals surface area contributed by atoms with E-state index in [4.69, 9.17) is 11.6 Å². The lowest BCUT2D eigenvalue weighted by Crippen LogP contribution is -2.51. The van der Waals surface area contributed by atoms with Crippen LogP contribution in [0, 0.1) is 0 Å². The van der Waals surface area contributed by atoms with Gasteiger partial charge in [-0.3, -0.25) is 4.79 Å². The van der Waals surface area contributed by atoms with Gasteiger partial charge < -0.3 is 14.9 Å². The van der Waals surface area contributed by atoms with Crippen molar-refractivity contribution in [1.29, 1.82) is 0 Å². The van der Waals surface area contributed by atoms with Gasteiger partial charge in [-0.2, -0.15) is 0 Å². The van der Waals surface area contributed by atoms with Crippen molar-refractivity contribution in [1.82, 2.24) is 9.80 Å². The third kappa shape index (κ3) is 5.37. The summed E-state index contributed by atoms with van der Waals surface area (Å²) in [6.07, 6.45) is 5.56. The molecule has 0 aromatic heterocycles. The third-order valence-corrected chi connectivity index (χ3v) is 6.64. The SMILES string of the molecule is C[C@H](CC(=O)N1CCC(O)(CN2C=C(Br)C(Cl)=CC2)CC1)c1ccccc1. The van der Waals surface area contributed by atoms with E-state index >= 15 is 0 Å². The lowest BCUT2D eigenvalue weighted by Gasteiger charge is -2.41. The Bertz CT molecular complexity index is 727. The number of hydrogen-bond acceptors (Lipinski definition) is 3. The zero-order chi connectivity index (χ0) is 19.4. The summed E-state index contributed by atoms with van der Waals surface area (Å²) in [6.45, 7) is 4.53. The average molecular weight is 454 g/mol. The number of hydrogen-bond donors (Lipinski definition) is 1. The van der Waals surface area contributed by atoms with E-state index in [9.17, 15) is 9.90 Å². The minimum atomic E-state index is -0.775. The van der Waals surface area contributed by atoms with Crippen LogP contribution < -0.4 is 0 Å². The normalized spacial score (nSPS) is 20.7. The number of benzene rings is 1. The summed E-state index contributed by atoms with van der Waals surface area (Å²) in [5, 5.41) is 11.7. The lowest BCUT2D eigenvalue weighted by atomic mass is 9.90. The van der Waals surface area contributed by atoms with E-state index in [-0.39, 0.29) is 11.8 Å². The summed E-state index contributed by atoms with van der Waals surface area (Å²) in [5.74, 6) is 0.371. The van der Waals surface area contributed by atoms with Crippen molar-refractivity contribution in [2.75, 3.05) is 26.2 Å². The van der Waals surface area contributed by atoms with E-state index in [1.54, 1.807) is 0 Å². The van der Waals surface area contributed by atoms with E-state index in [2.05, 4.69) is 39.9 Å². The highest BCUT2D eigenvalue weighted by molar-refractivity contribution is 9.12. The summed E-state index contributed by atoms with van der Waals surface area (Å²) < 4.78 is 0.835. The molecule has 1 atom stereocenters. The first kappa shape index (κ1) is 20.4. The molecule has 1 fully saturated rings. The first-order valence-electron chi connectivity index (χ1n) is 9.39. The van der Waals surface area contributed by atoms with E-state index in [0.717, 1.165) is 4.48 Å². The Morgan fingerprint density at radius 2 is 1.96 bits per heavy atom. The van der Waals surface area contributed by atoms with Crippen LogP contribution in [-0.4, -0.2) is 52.6 Å². The molecule has 1 saturated heterocycles. The maximum absolute atomic E-state index is 12.7. The van der Waals surface area contributed by atoms with Gasteiger partial charge in [0, 0.05) is 38.8 Å². The second kappa shape index (κ2) is 8.80. The van der Waals surface area contributed by atoms with E-state index in [1.165, 1.54) is 5.56 Å². The van der Waals surface area contributed by atoms with Crippen LogP contribution in [0.1, 0.15) is 37.7 Å². The smallest absolute Gasteiger partial charge is 0.223 e. The molecule has 2 heterocycles. The zero-order valence-corrected chi connectivity index (χ0v) is 17.9. The number of nitrogens with zero attached hydrogens (tertiary/aromatic N) is 2. The predicted molar refractivity (Wildman–Crippen MR) is 113 cm³/mol. The number of β-amino-alcohol motifs (C(OH)–C–C–N with tert-alkyl or cyclic N) is 1. The Kier molecular flexibility index (Phi) is 6.66. The third-order valence-electron chi connectivity index (χ3n) is 5.42. The Hall–Kier alpha value is -1.30. The number of allylic oxidation sites excluding steroid dienone is 2. The molecule has 1 N–H and O–H groups in total. The van der Waals surface area contributed by atoms with Crippen LogP contribution in [0.4, 0.5) is 0 Å². The molecular formula is C21H26BrClN2O2. The fraction of sp³-hybridized carbons (Fsp3) is 0.476. The molecule has 146 valence electrons. The molecule has 0 aliphatic carbocycles. The Morgan fingerprint density at radius 3 is 2.59 bits per heavy atom. The zero-order valence-electron chi connectivity index (χ0n) is 15.6. The van der Waals surface area contributed by atoms with Crippen molar-refractivity contribution < 1.29 is 9.90 Å². The first-order chi connectivity index (χ1) is 12.9. The van der Waals surface area contributed by atoms with Gasteiger partial charge in [0.1, 0.15) is 0 Å². The standard InChI is InChI=1S/C21H26BrClN2O2/c1-16(17-5-3-2-4-6-17)13-20(26)25-11-8-21(27,9-12-25)15-24-10-7-19(23)18(22)14-24/h2-7,14,16,27H,8-13,15H2,1H3/t16-/m1/s1. The van der Waals surface area contributed by atoms with Crippen LogP contribution in [0.2, 0.25) is 0 Å². The number of halogens is 2. The highest BCUT2D eigenvalue weighted by Gasteiger charge is 2.35. The maximum Gasteiger partial charge on any atom is 0.223 e. The van der Waals surface area contributed by atoms with Gasteiger partial charge >= 0.3 is 0 Å². The Labute approximate surface area is 174 Å². The van der Waals surface area contributed by atoms with Crippen molar-refractivity contribution in [3.63, 3.8) is 0 Å². The van der Waals surface area contributed by atoms with Gasteiger partial charge in [-0.05, 0) is 46.3 Å². The average Bonchev–Trinajstić information content (AvgIpc) is 2.66. The van der Waals surface area contributed by atoms with Gasteiger partial charge in [0.05, 0.1) is 15.1 Å². The van der Waals surface area contributed by atoms with Crippen LogP contribution in [0.25, 0.3) is 0 Å². The molecule has 6 heteroatoms. The summed E-state index contributed by atoms with van der Waals surface area (Å²) >= 11 is 9.49. The van der Waals surface area contributed by atoms with Crippen LogP contribution in [0.5, 0.6) is 0 Å². The van der Waals surface area contributed by atoms with Gasteiger partial charge in [-0.1, -0.05) is 48.9 Å². The summed E-state index contributed by atoms with van der Waals surface area (Å²) in [7, 11) is 0. The summed E-state index contributed by atoms with van der Waals surface area (Å²) in [6, 6.07) is 10.1. The molecule has 0 spiro atoms. The first-order valence-corrected chi connectivity index (χ1v) is 10.6. The molecule has 27 heavy (non-hydrogen) atoms. The van der Waals surface area contributed by atoms with Gasteiger partial charge in [0.25, 0.3) is 0 Å². The van der Waals surface area contributed by atoms with Crippen LogP contribution in [0.3, 0.4) is 0 Å². The van der Waals surface area contributed by atoms with Gasteiger partial charge in [-0.15, -0.1) is 0 Å². The number of aliphatic hydroxyl groups is 1. The molecule has 2 aliphatic rings. The van der Waals surface area contributed by atoms with Gasteiger partial charge in [0.15, 0.2) is 0 Å².